The molecule has 2 aromatic rings. The highest BCUT2D eigenvalue weighted by molar-refractivity contribution is 7.89. The van der Waals surface area contributed by atoms with E-state index in [0.717, 1.165) is 18.5 Å². The standard InChI is InChI=1S/C25H36N4O3S/c1-19-24(20(2)29(27-19)23-13-9-6-10-14-23)33(31,32)28-17-15-21(16-18-28)25(30)26-22-11-7-4-3-5-8-12-22/h6,9-10,13-14,21-22H,3-5,7-8,11-12,15-18H2,1-2H3,(H,26,30). The molecule has 0 atom stereocenters. The SMILES string of the molecule is Cc1nn(-c2ccccc2)c(C)c1S(=O)(=O)N1CCC(C(=O)NC2CCCCCCC2)CC1. The molecule has 2 aliphatic rings. The third-order valence-electron chi connectivity index (χ3n) is 7.10. The Morgan fingerprint density at radius 3 is 2.18 bits per heavy atom. The van der Waals surface area contributed by atoms with Crippen molar-refractivity contribution in [1.29, 1.82) is 0 Å². The molecule has 8 heteroatoms. The zero-order valence-electron chi connectivity index (χ0n) is 19.8. The Bertz CT molecular complexity index is 1050. The van der Waals surface area contributed by atoms with Crippen molar-refractivity contribution in [1.82, 2.24) is 19.4 Å². The number of piperidine rings is 1. The molecule has 180 valence electrons. The summed E-state index contributed by atoms with van der Waals surface area (Å²) in [6.45, 7) is 4.27. The van der Waals surface area contributed by atoms with Crippen LogP contribution in [-0.2, 0) is 14.8 Å². The van der Waals surface area contributed by atoms with Crippen molar-refractivity contribution in [3.05, 3.63) is 41.7 Å². The van der Waals surface area contributed by atoms with E-state index in [2.05, 4.69) is 10.4 Å². The van der Waals surface area contributed by atoms with Crippen LogP contribution in [0.3, 0.4) is 0 Å². The number of carbonyl (C=O) groups is 1. The third kappa shape index (κ3) is 5.32. The van der Waals surface area contributed by atoms with Gasteiger partial charge < -0.3 is 5.32 Å². The van der Waals surface area contributed by atoms with E-state index in [1.165, 1.54) is 36.4 Å². The second-order valence-corrected chi connectivity index (χ2v) is 11.4. The van der Waals surface area contributed by atoms with Gasteiger partial charge in [-0.2, -0.15) is 9.40 Å². The first kappa shape index (κ1) is 24.0. The Morgan fingerprint density at radius 2 is 1.55 bits per heavy atom. The number of rotatable bonds is 5. The number of aromatic nitrogens is 2. The average molecular weight is 473 g/mol. The van der Waals surface area contributed by atoms with E-state index in [-0.39, 0.29) is 22.8 Å². The maximum absolute atomic E-state index is 13.5. The Balaban J connectivity index is 1.41. The maximum Gasteiger partial charge on any atom is 0.246 e. The number of nitrogens with zero attached hydrogens (tertiary/aromatic N) is 3. The van der Waals surface area contributed by atoms with Gasteiger partial charge in [0.05, 0.1) is 17.1 Å². The molecule has 1 N–H and O–H groups in total. The number of carbonyl (C=O) groups excluding carboxylic acids is 1. The van der Waals surface area contributed by atoms with E-state index in [9.17, 15) is 13.2 Å². The van der Waals surface area contributed by atoms with Gasteiger partial charge in [0.15, 0.2) is 0 Å². The van der Waals surface area contributed by atoms with Crippen LogP contribution >= 0.6 is 0 Å². The van der Waals surface area contributed by atoms with E-state index in [1.807, 2.05) is 30.3 Å². The van der Waals surface area contributed by atoms with E-state index in [0.29, 0.717) is 37.3 Å². The number of hydrogen-bond donors (Lipinski definition) is 1. The van der Waals surface area contributed by atoms with Gasteiger partial charge in [0, 0.05) is 25.0 Å². The number of sulfonamides is 1. The molecule has 33 heavy (non-hydrogen) atoms. The minimum atomic E-state index is -3.68. The topological polar surface area (TPSA) is 84.3 Å². The lowest BCUT2D eigenvalue weighted by Gasteiger charge is -2.32. The predicted molar refractivity (Wildman–Crippen MR) is 129 cm³/mol. The van der Waals surface area contributed by atoms with E-state index < -0.39 is 10.0 Å². The van der Waals surface area contributed by atoms with Crippen molar-refractivity contribution >= 4 is 15.9 Å². The molecule has 7 nitrogen and oxygen atoms in total. The van der Waals surface area contributed by atoms with Crippen molar-refractivity contribution in [2.45, 2.75) is 82.6 Å². The highest BCUT2D eigenvalue weighted by atomic mass is 32.2. The molecule has 0 radical (unpaired) electrons. The van der Waals surface area contributed by atoms with Gasteiger partial charge in [-0.15, -0.1) is 0 Å². The molecule has 0 spiro atoms. The minimum Gasteiger partial charge on any atom is -0.353 e. The monoisotopic (exact) mass is 472 g/mol. The molecule has 1 aromatic carbocycles. The lowest BCUT2D eigenvalue weighted by molar-refractivity contribution is -0.127. The van der Waals surface area contributed by atoms with Gasteiger partial charge in [-0.1, -0.05) is 50.3 Å². The number of aryl methyl sites for hydroxylation is 1. The summed E-state index contributed by atoms with van der Waals surface area (Å²) in [5.41, 5.74) is 1.95. The van der Waals surface area contributed by atoms with E-state index in [1.54, 1.807) is 18.5 Å². The van der Waals surface area contributed by atoms with Crippen LogP contribution in [0.4, 0.5) is 0 Å². The van der Waals surface area contributed by atoms with Gasteiger partial charge in [-0.05, 0) is 51.7 Å². The van der Waals surface area contributed by atoms with Crippen molar-refractivity contribution in [3.63, 3.8) is 0 Å². The van der Waals surface area contributed by atoms with Crippen LogP contribution in [-0.4, -0.2) is 47.5 Å². The van der Waals surface area contributed by atoms with Crippen molar-refractivity contribution in [3.8, 4) is 5.69 Å². The van der Waals surface area contributed by atoms with Crippen LogP contribution in [0.2, 0.25) is 0 Å². The Hall–Kier alpha value is -2.19. The molecule has 2 fully saturated rings. The summed E-state index contributed by atoms with van der Waals surface area (Å²) >= 11 is 0. The summed E-state index contributed by atoms with van der Waals surface area (Å²) in [5.74, 6) is -0.0157. The van der Waals surface area contributed by atoms with Crippen LogP contribution in [0, 0.1) is 19.8 Å². The summed E-state index contributed by atoms with van der Waals surface area (Å²) in [4.78, 5) is 13.1. The zero-order valence-corrected chi connectivity index (χ0v) is 20.6. The highest BCUT2D eigenvalue weighted by Crippen LogP contribution is 2.29. The summed E-state index contributed by atoms with van der Waals surface area (Å²) in [5, 5.41) is 7.77. The Morgan fingerprint density at radius 1 is 0.939 bits per heavy atom. The highest BCUT2D eigenvalue weighted by Gasteiger charge is 2.36. The quantitative estimate of drug-likeness (QED) is 0.709. The maximum atomic E-state index is 13.5. The smallest absolute Gasteiger partial charge is 0.246 e. The summed E-state index contributed by atoms with van der Waals surface area (Å²) < 4.78 is 30.2. The van der Waals surface area contributed by atoms with Crippen LogP contribution in [0.1, 0.15) is 69.2 Å². The summed E-state index contributed by atoms with van der Waals surface area (Å²) in [6, 6.07) is 9.84. The lowest BCUT2D eigenvalue weighted by atomic mass is 9.94. The Kier molecular flexibility index (Phi) is 7.54. The summed E-state index contributed by atoms with van der Waals surface area (Å²) in [6.07, 6.45) is 9.40. The van der Waals surface area contributed by atoms with Crippen LogP contribution in [0.5, 0.6) is 0 Å². The van der Waals surface area contributed by atoms with Crippen molar-refractivity contribution < 1.29 is 13.2 Å². The molecule has 0 unspecified atom stereocenters. The fourth-order valence-electron chi connectivity index (χ4n) is 5.23. The molecule has 4 rings (SSSR count). The van der Waals surface area contributed by atoms with Crippen LogP contribution in [0.25, 0.3) is 5.69 Å². The normalized spacial score (nSPS) is 19.7. The first-order valence-corrected chi connectivity index (χ1v) is 13.7. The van der Waals surface area contributed by atoms with Crippen molar-refractivity contribution in [2.75, 3.05) is 13.1 Å². The number of benzene rings is 1. The number of amides is 1. The molecule has 1 aliphatic carbocycles. The van der Waals surface area contributed by atoms with Gasteiger partial charge in [-0.3, -0.25) is 4.79 Å². The molecule has 1 aliphatic heterocycles. The molecule has 1 amide bonds. The first-order valence-electron chi connectivity index (χ1n) is 12.3. The largest absolute Gasteiger partial charge is 0.353 e. The second-order valence-electron chi connectivity index (χ2n) is 9.48. The molecule has 1 aromatic heterocycles. The molecule has 2 heterocycles. The predicted octanol–water partition coefficient (Wildman–Crippen LogP) is 4.12. The van der Waals surface area contributed by atoms with E-state index in [4.69, 9.17) is 0 Å². The number of nitrogens with one attached hydrogen (secondary N) is 1. The van der Waals surface area contributed by atoms with Gasteiger partial charge in [-0.25, -0.2) is 13.1 Å². The zero-order chi connectivity index (χ0) is 23.4. The summed E-state index contributed by atoms with van der Waals surface area (Å²) in [7, 11) is -3.68. The third-order valence-corrected chi connectivity index (χ3v) is 9.25. The molecule has 1 saturated heterocycles. The lowest BCUT2D eigenvalue weighted by Crippen LogP contribution is -2.45. The molecule has 1 saturated carbocycles. The van der Waals surface area contributed by atoms with Crippen LogP contribution in [0.15, 0.2) is 35.2 Å². The molecular weight excluding hydrogens is 436 g/mol. The molecular formula is C25H36N4O3S. The van der Waals surface area contributed by atoms with E-state index >= 15 is 0 Å². The first-order chi connectivity index (χ1) is 15.9. The number of hydrogen-bond acceptors (Lipinski definition) is 4. The minimum absolute atomic E-state index is 0.0990. The van der Waals surface area contributed by atoms with Gasteiger partial charge in [0.2, 0.25) is 15.9 Å². The number of para-hydroxylation sites is 1. The average Bonchev–Trinajstić information content (AvgIpc) is 3.10. The second kappa shape index (κ2) is 10.4. The fraction of sp³-hybridized carbons (Fsp3) is 0.600. The van der Waals surface area contributed by atoms with Gasteiger partial charge in [0.1, 0.15) is 4.90 Å². The van der Waals surface area contributed by atoms with Gasteiger partial charge >= 0.3 is 0 Å². The van der Waals surface area contributed by atoms with Gasteiger partial charge in [0.25, 0.3) is 0 Å². The molecule has 0 bridgehead atoms. The van der Waals surface area contributed by atoms with Crippen LogP contribution < -0.4 is 5.32 Å². The fourth-order valence-corrected chi connectivity index (χ4v) is 7.05. The Labute approximate surface area is 197 Å². The van der Waals surface area contributed by atoms with Crippen molar-refractivity contribution in [2.24, 2.45) is 5.92 Å².